The lowest BCUT2D eigenvalue weighted by molar-refractivity contribution is -0.138. The molecule has 2 atom stereocenters. The van der Waals surface area contributed by atoms with Crippen LogP contribution in [0.2, 0.25) is 0 Å². The third-order valence-corrected chi connectivity index (χ3v) is 6.97. The Hall–Kier alpha value is -3.25. The fourth-order valence-corrected chi connectivity index (χ4v) is 5.01. The summed E-state index contributed by atoms with van der Waals surface area (Å²) in [6, 6.07) is 16.4. The summed E-state index contributed by atoms with van der Waals surface area (Å²) in [4.78, 5) is 15.8. The van der Waals surface area contributed by atoms with Crippen LogP contribution in [0.3, 0.4) is 0 Å². The van der Waals surface area contributed by atoms with Crippen LogP contribution in [0.5, 0.6) is 0 Å². The zero-order valence-electron chi connectivity index (χ0n) is 21.2. The molecule has 2 aromatic carbocycles. The summed E-state index contributed by atoms with van der Waals surface area (Å²) in [6.07, 6.45) is 2.34. The van der Waals surface area contributed by atoms with E-state index in [4.69, 9.17) is 14.6 Å². The van der Waals surface area contributed by atoms with Gasteiger partial charge in [0.2, 0.25) is 6.16 Å². The molecule has 8 heteroatoms. The first-order chi connectivity index (χ1) is 17.7. The zero-order chi connectivity index (χ0) is 26.9. The number of carboxylic acids is 1. The van der Waals surface area contributed by atoms with Gasteiger partial charge in [0.05, 0.1) is 17.8 Å². The summed E-state index contributed by atoms with van der Waals surface area (Å²) in [6.45, 7) is 6.20. The molecule has 1 aromatic heterocycles. The normalized spacial score (nSPS) is 12.8. The molecule has 0 amide bonds. The van der Waals surface area contributed by atoms with Crippen molar-refractivity contribution in [2.75, 3.05) is 12.8 Å². The Bertz CT molecular complexity index is 1260. The predicted molar refractivity (Wildman–Crippen MR) is 144 cm³/mol. The number of hydrogen-bond acceptors (Lipinski definition) is 5. The van der Waals surface area contributed by atoms with Gasteiger partial charge in [-0.05, 0) is 45.7 Å². The largest absolute Gasteiger partial charge is 0.511 e. The highest BCUT2D eigenvalue weighted by molar-refractivity contribution is 7.39. The minimum absolute atomic E-state index is 0.0112. The van der Waals surface area contributed by atoms with Crippen molar-refractivity contribution in [1.82, 2.24) is 4.98 Å². The van der Waals surface area contributed by atoms with Gasteiger partial charge in [0.1, 0.15) is 18.5 Å². The van der Waals surface area contributed by atoms with Crippen LogP contribution in [0.1, 0.15) is 49.9 Å². The standard InChI is InChI=1S/C29H31FNO5P/c1-4-24-27(20-12-14-22(30)15-13-20)25(11-8-16-36-37(35)18-23(32)17-26(33)34)28(19(2)3)31-29(24)21-9-6-5-7-10-21/h5-15,19,23,32H,4,16-18H2,1-3H3/p+1. The van der Waals surface area contributed by atoms with Crippen LogP contribution in [0, 0.1) is 5.82 Å². The Kier molecular flexibility index (Phi) is 10.2. The van der Waals surface area contributed by atoms with Gasteiger partial charge in [0.15, 0.2) is 0 Å². The Labute approximate surface area is 217 Å². The van der Waals surface area contributed by atoms with Crippen LogP contribution in [0.4, 0.5) is 4.39 Å². The molecule has 6 nitrogen and oxygen atoms in total. The van der Waals surface area contributed by atoms with E-state index in [-0.39, 0.29) is 24.5 Å². The third-order valence-electron chi connectivity index (χ3n) is 5.82. The van der Waals surface area contributed by atoms with E-state index < -0.39 is 26.5 Å². The van der Waals surface area contributed by atoms with E-state index >= 15 is 0 Å². The number of nitrogens with zero attached hydrogens (tertiary/aromatic N) is 1. The Balaban J connectivity index is 2.04. The van der Waals surface area contributed by atoms with E-state index in [2.05, 4.69) is 20.8 Å². The van der Waals surface area contributed by atoms with E-state index in [0.29, 0.717) is 6.42 Å². The van der Waals surface area contributed by atoms with Gasteiger partial charge in [-0.3, -0.25) is 9.78 Å². The van der Waals surface area contributed by atoms with Crippen molar-refractivity contribution >= 4 is 20.1 Å². The van der Waals surface area contributed by atoms with Gasteiger partial charge < -0.3 is 10.2 Å². The second-order valence-corrected chi connectivity index (χ2v) is 10.2. The maximum absolute atomic E-state index is 13.8. The number of pyridine rings is 1. The molecule has 0 aliphatic heterocycles. The SMILES string of the molecule is CCc1c(-c2ccccc2)nc(C(C)C)c(C=CCO[P+](=O)CC(O)CC(=O)O)c1-c1ccc(F)cc1. The van der Waals surface area contributed by atoms with Crippen LogP contribution in [0.15, 0.2) is 60.7 Å². The third kappa shape index (κ3) is 7.62. The van der Waals surface area contributed by atoms with E-state index in [1.165, 1.54) is 12.1 Å². The van der Waals surface area contributed by atoms with E-state index in [9.17, 15) is 18.9 Å². The molecule has 2 unspecified atom stereocenters. The molecule has 3 aromatic rings. The smallest absolute Gasteiger partial charge is 0.481 e. The zero-order valence-corrected chi connectivity index (χ0v) is 22.1. The number of carboxylic acid groups (broad SMARTS) is 1. The molecule has 1 heterocycles. The molecule has 0 bridgehead atoms. The lowest BCUT2D eigenvalue weighted by atomic mass is 9.86. The second-order valence-electron chi connectivity index (χ2n) is 8.96. The van der Waals surface area contributed by atoms with Gasteiger partial charge in [-0.2, -0.15) is 0 Å². The molecule has 194 valence electrons. The lowest BCUT2D eigenvalue weighted by Crippen LogP contribution is -2.15. The highest BCUT2D eigenvalue weighted by atomic mass is 31.1. The van der Waals surface area contributed by atoms with Crippen LogP contribution in [0.25, 0.3) is 28.5 Å². The minimum Gasteiger partial charge on any atom is -0.481 e. The van der Waals surface area contributed by atoms with Crippen LogP contribution in [-0.2, 0) is 20.3 Å². The number of aromatic nitrogens is 1. The molecule has 0 aliphatic rings. The molecule has 0 radical (unpaired) electrons. The quantitative estimate of drug-likeness (QED) is 0.252. The Morgan fingerprint density at radius 1 is 1.11 bits per heavy atom. The number of hydrogen-bond donors (Lipinski definition) is 2. The summed E-state index contributed by atoms with van der Waals surface area (Å²) < 4.78 is 31.3. The number of aliphatic hydroxyl groups excluding tert-OH is 1. The summed E-state index contributed by atoms with van der Waals surface area (Å²) >= 11 is 0. The average Bonchev–Trinajstić information content (AvgIpc) is 2.86. The number of benzene rings is 2. The average molecular weight is 525 g/mol. The first kappa shape index (κ1) is 28.3. The maximum Gasteiger partial charge on any atom is 0.511 e. The molecule has 0 saturated heterocycles. The topological polar surface area (TPSA) is 96.7 Å². The number of rotatable bonds is 12. The fourth-order valence-electron chi connectivity index (χ4n) is 4.17. The Morgan fingerprint density at radius 2 is 1.78 bits per heavy atom. The summed E-state index contributed by atoms with van der Waals surface area (Å²) in [7, 11) is -2.22. The fraction of sp³-hybridized carbons (Fsp3) is 0.310. The van der Waals surface area contributed by atoms with Crippen molar-refractivity contribution in [3.8, 4) is 22.4 Å². The summed E-state index contributed by atoms with van der Waals surface area (Å²) in [5.41, 5.74) is 6.48. The van der Waals surface area contributed by atoms with Gasteiger partial charge >= 0.3 is 14.0 Å². The molecule has 0 fully saturated rings. The molecule has 0 spiro atoms. The van der Waals surface area contributed by atoms with Crippen molar-refractivity contribution in [3.05, 3.63) is 83.3 Å². The Morgan fingerprint density at radius 3 is 2.38 bits per heavy atom. The van der Waals surface area contributed by atoms with Crippen LogP contribution >= 0.6 is 8.03 Å². The van der Waals surface area contributed by atoms with Crippen LogP contribution < -0.4 is 0 Å². The van der Waals surface area contributed by atoms with Crippen LogP contribution in [-0.4, -0.2) is 40.0 Å². The molecule has 0 aliphatic carbocycles. The molecule has 0 saturated carbocycles. The minimum atomic E-state index is -2.22. The molecular weight excluding hydrogens is 492 g/mol. The summed E-state index contributed by atoms with van der Waals surface area (Å²) in [5.74, 6) is -1.40. The van der Waals surface area contributed by atoms with Gasteiger partial charge in [-0.25, -0.2) is 4.39 Å². The van der Waals surface area contributed by atoms with Crippen molar-refractivity contribution in [2.24, 2.45) is 0 Å². The van der Waals surface area contributed by atoms with E-state index in [1.807, 2.05) is 36.4 Å². The van der Waals surface area contributed by atoms with Crippen molar-refractivity contribution < 1.29 is 28.5 Å². The molecular formula is C29H32FNO5P+. The van der Waals surface area contributed by atoms with Crippen molar-refractivity contribution in [3.63, 3.8) is 0 Å². The number of carbonyl (C=O) groups is 1. The van der Waals surface area contributed by atoms with Gasteiger partial charge in [-0.1, -0.05) is 75.4 Å². The molecule has 3 rings (SSSR count). The highest BCUT2D eigenvalue weighted by Crippen LogP contribution is 2.39. The predicted octanol–water partition coefficient (Wildman–Crippen LogP) is 6.85. The lowest BCUT2D eigenvalue weighted by Gasteiger charge is -2.22. The second kappa shape index (κ2) is 13.3. The molecule has 37 heavy (non-hydrogen) atoms. The first-order valence-corrected chi connectivity index (χ1v) is 13.6. The maximum atomic E-state index is 13.8. The van der Waals surface area contributed by atoms with Crippen molar-refractivity contribution in [1.29, 1.82) is 0 Å². The van der Waals surface area contributed by atoms with Gasteiger partial charge in [0, 0.05) is 11.1 Å². The summed E-state index contributed by atoms with van der Waals surface area (Å²) in [5, 5.41) is 18.4. The first-order valence-electron chi connectivity index (χ1n) is 12.2. The van der Waals surface area contributed by atoms with E-state index in [0.717, 1.165) is 39.2 Å². The van der Waals surface area contributed by atoms with Gasteiger partial charge in [0.25, 0.3) is 0 Å². The highest BCUT2D eigenvalue weighted by Gasteiger charge is 2.25. The van der Waals surface area contributed by atoms with Crippen molar-refractivity contribution in [2.45, 2.75) is 45.6 Å². The number of halogens is 1. The number of aliphatic carboxylic acids is 1. The molecule has 2 N–H and O–H groups in total. The van der Waals surface area contributed by atoms with E-state index in [1.54, 1.807) is 18.2 Å². The number of aliphatic hydroxyl groups is 1. The van der Waals surface area contributed by atoms with Gasteiger partial charge in [-0.15, -0.1) is 4.52 Å². The monoisotopic (exact) mass is 524 g/mol.